The third kappa shape index (κ3) is 3.20. The molecule has 1 aromatic heterocycles. The van der Waals surface area contributed by atoms with Crippen LogP contribution in [-0.4, -0.2) is 46.2 Å². The summed E-state index contributed by atoms with van der Waals surface area (Å²) in [5.74, 6) is -1.59. The average Bonchev–Trinajstić information content (AvgIpc) is 3.13. The number of carboxylic acids is 1. The van der Waals surface area contributed by atoms with Crippen molar-refractivity contribution < 1.29 is 19.1 Å². The Kier molecular flexibility index (Phi) is 4.42. The smallest absolute Gasteiger partial charge is 0.317 e. The van der Waals surface area contributed by atoms with Gasteiger partial charge in [0.05, 0.1) is 11.4 Å². The number of halogens is 1. The van der Waals surface area contributed by atoms with E-state index in [1.54, 1.807) is 6.07 Å². The number of carbonyl (C=O) groups is 2. The number of carbonyl (C=O) groups excluding carboxylic acids is 1. The summed E-state index contributed by atoms with van der Waals surface area (Å²) in [6.07, 6.45) is 3.06. The summed E-state index contributed by atoms with van der Waals surface area (Å²) in [6, 6.07) is 4.44. The number of hydrogen-bond acceptors (Lipinski definition) is 2. The van der Waals surface area contributed by atoms with E-state index in [4.69, 9.17) is 5.11 Å². The molecule has 1 saturated heterocycles. The Labute approximate surface area is 138 Å². The van der Waals surface area contributed by atoms with E-state index in [0.29, 0.717) is 25.9 Å². The van der Waals surface area contributed by atoms with Crippen molar-refractivity contribution in [2.45, 2.75) is 12.8 Å². The highest BCUT2D eigenvalue weighted by molar-refractivity contribution is 5.84. The first-order valence-electron chi connectivity index (χ1n) is 7.94. The molecule has 2 heterocycles. The summed E-state index contributed by atoms with van der Waals surface area (Å²) in [5.41, 5.74) is 1.86. The zero-order valence-electron chi connectivity index (χ0n) is 13.5. The maximum Gasteiger partial charge on any atom is 0.317 e. The summed E-state index contributed by atoms with van der Waals surface area (Å²) in [4.78, 5) is 24.6. The van der Waals surface area contributed by atoms with Crippen molar-refractivity contribution in [3.05, 3.63) is 35.8 Å². The maximum absolute atomic E-state index is 13.3. The van der Waals surface area contributed by atoms with Gasteiger partial charge in [-0.2, -0.15) is 0 Å². The molecule has 1 aliphatic rings. The number of nitrogens with one attached hydrogen (secondary N) is 1. The summed E-state index contributed by atoms with van der Waals surface area (Å²) in [7, 11) is 1.86. The van der Waals surface area contributed by atoms with E-state index in [-0.39, 0.29) is 18.4 Å². The lowest BCUT2D eigenvalue weighted by Crippen LogP contribution is -2.39. The minimum atomic E-state index is -0.853. The SMILES string of the molecule is Cn1cc(CCNC(=O)N2CCC(C(=O)O)C2)c2ccc(F)cc21. The number of aromatic nitrogens is 1. The van der Waals surface area contributed by atoms with Crippen LogP contribution in [0, 0.1) is 11.7 Å². The molecule has 1 unspecified atom stereocenters. The van der Waals surface area contributed by atoms with Gasteiger partial charge in [-0.15, -0.1) is 0 Å². The van der Waals surface area contributed by atoms with E-state index in [1.807, 2.05) is 17.8 Å². The van der Waals surface area contributed by atoms with E-state index in [0.717, 1.165) is 16.5 Å². The van der Waals surface area contributed by atoms with Crippen molar-refractivity contribution in [1.29, 1.82) is 0 Å². The highest BCUT2D eigenvalue weighted by atomic mass is 19.1. The molecule has 24 heavy (non-hydrogen) atoms. The van der Waals surface area contributed by atoms with Gasteiger partial charge in [-0.3, -0.25) is 4.79 Å². The first kappa shape index (κ1) is 16.3. The van der Waals surface area contributed by atoms with Gasteiger partial charge >= 0.3 is 12.0 Å². The van der Waals surface area contributed by atoms with Crippen molar-refractivity contribution in [1.82, 2.24) is 14.8 Å². The molecule has 0 aliphatic carbocycles. The van der Waals surface area contributed by atoms with Crippen LogP contribution in [0.15, 0.2) is 24.4 Å². The third-order valence-corrected chi connectivity index (χ3v) is 4.53. The second-order valence-corrected chi connectivity index (χ2v) is 6.18. The van der Waals surface area contributed by atoms with Crippen LogP contribution in [-0.2, 0) is 18.3 Å². The summed E-state index contributed by atoms with van der Waals surface area (Å²) >= 11 is 0. The highest BCUT2D eigenvalue weighted by Gasteiger charge is 2.30. The zero-order chi connectivity index (χ0) is 17.3. The monoisotopic (exact) mass is 333 g/mol. The fraction of sp³-hybridized carbons (Fsp3) is 0.412. The van der Waals surface area contributed by atoms with E-state index < -0.39 is 11.9 Å². The molecular weight excluding hydrogens is 313 g/mol. The molecule has 7 heteroatoms. The molecule has 2 aromatic rings. The van der Waals surface area contributed by atoms with Gasteiger partial charge in [0.2, 0.25) is 0 Å². The molecule has 2 N–H and O–H groups in total. The Hall–Kier alpha value is -2.57. The number of benzene rings is 1. The lowest BCUT2D eigenvalue weighted by molar-refractivity contribution is -0.141. The predicted octanol–water partition coefficient (Wildman–Crippen LogP) is 1.98. The minimum Gasteiger partial charge on any atom is -0.481 e. The Morgan fingerprint density at radius 2 is 2.21 bits per heavy atom. The van der Waals surface area contributed by atoms with Crippen LogP contribution in [0.3, 0.4) is 0 Å². The lowest BCUT2D eigenvalue weighted by atomic mass is 10.1. The number of hydrogen-bond donors (Lipinski definition) is 2. The molecule has 128 valence electrons. The molecule has 6 nitrogen and oxygen atoms in total. The second kappa shape index (κ2) is 6.51. The maximum atomic E-state index is 13.3. The molecular formula is C17H20FN3O3. The average molecular weight is 333 g/mol. The van der Waals surface area contributed by atoms with Gasteiger partial charge in [-0.25, -0.2) is 9.18 Å². The highest BCUT2D eigenvalue weighted by Crippen LogP contribution is 2.22. The van der Waals surface area contributed by atoms with E-state index in [1.165, 1.54) is 17.0 Å². The Bertz CT molecular complexity index is 787. The van der Waals surface area contributed by atoms with E-state index in [2.05, 4.69) is 5.32 Å². The molecule has 1 aliphatic heterocycles. The van der Waals surface area contributed by atoms with Crippen molar-refractivity contribution in [2.75, 3.05) is 19.6 Å². The first-order valence-corrected chi connectivity index (χ1v) is 7.94. The number of nitrogens with zero attached hydrogens (tertiary/aromatic N) is 2. The predicted molar refractivity (Wildman–Crippen MR) is 87.3 cm³/mol. The lowest BCUT2D eigenvalue weighted by Gasteiger charge is -2.16. The topological polar surface area (TPSA) is 74.6 Å². The number of rotatable bonds is 4. The Balaban J connectivity index is 1.57. The number of amides is 2. The van der Waals surface area contributed by atoms with Gasteiger partial charge in [0.25, 0.3) is 0 Å². The molecule has 0 saturated carbocycles. The molecule has 1 atom stereocenters. The fourth-order valence-electron chi connectivity index (χ4n) is 3.20. The molecule has 1 aromatic carbocycles. The van der Waals surface area contributed by atoms with Crippen LogP contribution in [0.4, 0.5) is 9.18 Å². The van der Waals surface area contributed by atoms with Crippen LogP contribution in [0.2, 0.25) is 0 Å². The van der Waals surface area contributed by atoms with Gasteiger partial charge in [0, 0.05) is 38.3 Å². The number of urea groups is 1. The molecule has 0 bridgehead atoms. The minimum absolute atomic E-state index is 0.231. The molecule has 3 rings (SSSR count). The third-order valence-electron chi connectivity index (χ3n) is 4.53. The molecule has 2 amide bonds. The van der Waals surface area contributed by atoms with Gasteiger partial charge < -0.3 is 19.9 Å². The van der Waals surface area contributed by atoms with Crippen molar-refractivity contribution >= 4 is 22.9 Å². The summed E-state index contributed by atoms with van der Waals surface area (Å²) in [5, 5.41) is 12.8. The number of likely N-dealkylation sites (tertiary alicyclic amines) is 1. The Morgan fingerprint density at radius 1 is 1.42 bits per heavy atom. The van der Waals surface area contributed by atoms with Crippen molar-refractivity contribution in [2.24, 2.45) is 13.0 Å². The van der Waals surface area contributed by atoms with Crippen LogP contribution in [0.25, 0.3) is 10.9 Å². The molecule has 1 fully saturated rings. The van der Waals surface area contributed by atoms with Crippen LogP contribution in [0.1, 0.15) is 12.0 Å². The van der Waals surface area contributed by atoms with E-state index >= 15 is 0 Å². The first-order chi connectivity index (χ1) is 11.5. The second-order valence-electron chi connectivity index (χ2n) is 6.18. The fourth-order valence-corrected chi connectivity index (χ4v) is 3.20. The number of fused-ring (bicyclic) bond motifs is 1. The van der Waals surface area contributed by atoms with Crippen LogP contribution < -0.4 is 5.32 Å². The van der Waals surface area contributed by atoms with Gasteiger partial charge in [0.1, 0.15) is 5.82 Å². The van der Waals surface area contributed by atoms with E-state index in [9.17, 15) is 14.0 Å². The quantitative estimate of drug-likeness (QED) is 0.898. The normalized spacial score (nSPS) is 17.4. The number of aryl methyl sites for hydroxylation is 1. The number of carboxylic acid groups (broad SMARTS) is 1. The molecule has 0 radical (unpaired) electrons. The zero-order valence-corrected chi connectivity index (χ0v) is 13.5. The Morgan fingerprint density at radius 3 is 2.92 bits per heavy atom. The van der Waals surface area contributed by atoms with Crippen molar-refractivity contribution in [3.63, 3.8) is 0 Å². The van der Waals surface area contributed by atoms with Gasteiger partial charge in [-0.1, -0.05) is 0 Å². The largest absolute Gasteiger partial charge is 0.481 e. The van der Waals surface area contributed by atoms with Gasteiger partial charge in [0.15, 0.2) is 0 Å². The van der Waals surface area contributed by atoms with Crippen molar-refractivity contribution in [3.8, 4) is 0 Å². The van der Waals surface area contributed by atoms with Gasteiger partial charge in [-0.05, 0) is 36.6 Å². The summed E-state index contributed by atoms with van der Waals surface area (Å²) < 4.78 is 15.2. The summed E-state index contributed by atoms with van der Waals surface area (Å²) in [6.45, 7) is 1.18. The molecule has 0 spiro atoms. The number of aliphatic carboxylic acids is 1. The van der Waals surface area contributed by atoms with Crippen LogP contribution >= 0.6 is 0 Å². The standard InChI is InChI=1S/C17H20FN3O3/c1-20-9-11(14-3-2-13(18)8-15(14)20)4-6-19-17(24)21-7-5-12(10-21)16(22)23/h2-3,8-9,12H,4-7,10H2,1H3,(H,19,24)(H,22,23). The van der Waals surface area contributed by atoms with Crippen LogP contribution in [0.5, 0.6) is 0 Å².